The fourth-order valence-corrected chi connectivity index (χ4v) is 4.11. The van der Waals surface area contributed by atoms with Gasteiger partial charge in [0.15, 0.2) is 5.65 Å². The Morgan fingerprint density at radius 1 is 1.20 bits per heavy atom. The average molecular weight is 476 g/mol. The molecule has 4 aromatic rings. The highest BCUT2D eigenvalue weighted by atomic mass is 16.5. The van der Waals surface area contributed by atoms with Crippen molar-refractivity contribution in [2.75, 3.05) is 36.5 Å². The summed E-state index contributed by atoms with van der Waals surface area (Å²) in [5.74, 6) is 0.181. The quantitative estimate of drug-likeness (QED) is 0.302. The molecule has 0 radical (unpaired) electrons. The van der Waals surface area contributed by atoms with Crippen molar-refractivity contribution in [1.29, 1.82) is 0 Å². The zero-order chi connectivity index (χ0) is 23.8. The topological polar surface area (TPSA) is 149 Å². The summed E-state index contributed by atoms with van der Waals surface area (Å²) >= 11 is 0. The molecule has 12 nitrogen and oxygen atoms in total. The highest BCUT2D eigenvalue weighted by Crippen LogP contribution is 2.23. The molecule has 6 rings (SSSR count). The van der Waals surface area contributed by atoms with Gasteiger partial charge in [-0.05, 0) is 30.5 Å². The molecule has 0 spiro atoms. The number of hydrogen-bond acceptors (Lipinski definition) is 9. The van der Waals surface area contributed by atoms with Crippen LogP contribution in [0.3, 0.4) is 0 Å². The number of hydrogen-bond donors (Lipinski definition) is 4. The molecule has 1 aromatic carbocycles. The van der Waals surface area contributed by atoms with Crippen molar-refractivity contribution >= 4 is 23.4 Å². The van der Waals surface area contributed by atoms with Crippen molar-refractivity contribution in [3.63, 3.8) is 0 Å². The normalized spacial score (nSPS) is 17.4. The molecule has 0 bridgehead atoms. The summed E-state index contributed by atoms with van der Waals surface area (Å²) in [6.45, 7) is 3.68. The maximum Gasteiger partial charge on any atom is 0.326 e. The lowest BCUT2D eigenvalue weighted by molar-refractivity contribution is 0.122. The summed E-state index contributed by atoms with van der Waals surface area (Å²) in [6.07, 6.45) is 5.28. The van der Waals surface area contributed by atoms with Gasteiger partial charge in [-0.15, -0.1) is 0 Å². The highest BCUT2D eigenvalue weighted by Gasteiger charge is 2.21. The summed E-state index contributed by atoms with van der Waals surface area (Å²) in [5.41, 5.74) is 3.03. The van der Waals surface area contributed by atoms with Crippen LogP contribution in [0.2, 0.25) is 0 Å². The minimum Gasteiger partial charge on any atom is -0.493 e. The van der Waals surface area contributed by atoms with E-state index in [1.54, 1.807) is 16.8 Å². The fraction of sp³-hybridized carbons (Fsp3) is 0.348. The third-order valence-corrected chi connectivity index (χ3v) is 6.04. The number of imidazole rings is 1. The van der Waals surface area contributed by atoms with E-state index in [1.165, 1.54) is 0 Å². The number of ether oxygens (including phenoxy) is 1. The summed E-state index contributed by atoms with van der Waals surface area (Å²) in [7, 11) is 0. The van der Waals surface area contributed by atoms with E-state index < -0.39 is 5.69 Å². The minimum atomic E-state index is -0.495. The smallest absolute Gasteiger partial charge is 0.326 e. The number of nitrogens with one attached hydrogen (secondary N) is 3. The van der Waals surface area contributed by atoms with E-state index in [1.807, 2.05) is 12.1 Å². The monoisotopic (exact) mass is 475 g/mol. The number of fused-ring (bicyclic) bond motifs is 1. The number of rotatable bonds is 6. The van der Waals surface area contributed by atoms with Crippen molar-refractivity contribution in [3.05, 3.63) is 63.0 Å². The van der Waals surface area contributed by atoms with Crippen molar-refractivity contribution in [3.8, 4) is 5.88 Å². The Kier molecular flexibility index (Phi) is 5.41. The van der Waals surface area contributed by atoms with Gasteiger partial charge in [0, 0.05) is 30.5 Å². The molecule has 1 aliphatic carbocycles. The van der Waals surface area contributed by atoms with Crippen LogP contribution < -0.4 is 26.7 Å². The van der Waals surface area contributed by atoms with Gasteiger partial charge in [0.25, 0.3) is 5.62 Å². The van der Waals surface area contributed by atoms with Crippen LogP contribution in [0.5, 0.6) is 5.88 Å². The number of aromatic amines is 2. The molecular formula is C23H25N9O3. The molecule has 0 unspecified atom stereocenters. The number of nitrogens with zero attached hydrogens (tertiary/aromatic N) is 6. The number of para-hydroxylation sites is 1. The van der Waals surface area contributed by atoms with Crippen molar-refractivity contribution in [2.45, 2.75) is 25.4 Å². The lowest BCUT2D eigenvalue weighted by atomic mass is 10.1. The Morgan fingerprint density at radius 3 is 2.80 bits per heavy atom. The minimum absolute atomic E-state index is 0.240. The van der Waals surface area contributed by atoms with Crippen LogP contribution in [0, 0.1) is 0 Å². The predicted octanol–water partition coefficient (Wildman–Crippen LogP) is -0.0942. The van der Waals surface area contributed by atoms with Gasteiger partial charge < -0.3 is 25.0 Å². The van der Waals surface area contributed by atoms with Crippen LogP contribution in [0.1, 0.15) is 24.1 Å². The molecule has 2 aliphatic rings. The van der Waals surface area contributed by atoms with Gasteiger partial charge in [-0.2, -0.15) is 19.6 Å². The van der Waals surface area contributed by atoms with Gasteiger partial charge in [0.05, 0.1) is 25.5 Å². The van der Waals surface area contributed by atoms with Crippen LogP contribution >= 0.6 is 0 Å². The largest absolute Gasteiger partial charge is 0.493 e. The average Bonchev–Trinajstić information content (AvgIpc) is 3.51. The number of anilines is 2. The molecule has 1 saturated carbocycles. The molecule has 2 fully saturated rings. The first-order chi connectivity index (χ1) is 17.1. The predicted molar refractivity (Wildman–Crippen MR) is 128 cm³/mol. The molecule has 35 heavy (non-hydrogen) atoms. The van der Waals surface area contributed by atoms with E-state index in [4.69, 9.17) is 9.73 Å². The molecule has 1 aliphatic heterocycles. The van der Waals surface area contributed by atoms with E-state index >= 15 is 0 Å². The molecular weight excluding hydrogens is 450 g/mol. The Labute approximate surface area is 199 Å². The van der Waals surface area contributed by atoms with Crippen LogP contribution in [0.25, 0.3) is 11.7 Å². The maximum atomic E-state index is 11.5. The van der Waals surface area contributed by atoms with Crippen LogP contribution in [0.4, 0.5) is 11.6 Å². The van der Waals surface area contributed by atoms with Crippen molar-refractivity contribution in [2.24, 2.45) is 4.99 Å². The van der Waals surface area contributed by atoms with Gasteiger partial charge in [0.1, 0.15) is 5.69 Å². The number of H-pyrrole nitrogens is 2. The van der Waals surface area contributed by atoms with E-state index in [9.17, 15) is 9.90 Å². The maximum absolute atomic E-state index is 11.5. The number of aromatic nitrogens is 6. The Morgan fingerprint density at radius 2 is 2.03 bits per heavy atom. The van der Waals surface area contributed by atoms with Gasteiger partial charge in [-0.25, -0.2) is 9.79 Å². The second-order valence-electron chi connectivity index (χ2n) is 8.61. The van der Waals surface area contributed by atoms with Crippen LogP contribution in [-0.4, -0.2) is 67.0 Å². The first-order valence-corrected chi connectivity index (χ1v) is 11.6. The first kappa shape index (κ1) is 21.4. The number of aromatic hydroxyl groups is 1. The van der Waals surface area contributed by atoms with Gasteiger partial charge in [0.2, 0.25) is 11.8 Å². The third kappa shape index (κ3) is 4.47. The van der Waals surface area contributed by atoms with Gasteiger partial charge in [-0.3, -0.25) is 4.98 Å². The van der Waals surface area contributed by atoms with E-state index in [0.717, 1.165) is 50.4 Å². The van der Waals surface area contributed by atoms with Crippen LogP contribution in [-0.2, 0) is 11.3 Å². The van der Waals surface area contributed by atoms with Gasteiger partial charge in [-0.1, -0.05) is 18.2 Å². The second kappa shape index (κ2) is 8.87. The number of benzene rings is 1. The Bertz CT molecular complexity index is 1540. The van der Waals surface area contributed by atoms with Gasteiger partial charge >= 0.3 is 5.69 Å². The molecule has 4 heterocycles. The standard InChI is InChI=1S/C23H25N9O3/c33-20-17(27-23(34)29-20)11-15-13-25-32-19(15)28-21(30-22(32)26-16-5-6-16)24-12-14-3-1-2-4-18(14)31-7-9-35-10-8-31/h1-4,11,13,16,33H,5-10,12H2,(H,24,26,30)(H2,27,29,34). The Hall–Kier alpha value is -4.19. The van der Waals surface area contributed by atoms with E-state index in [2.05, 4.69) is 47.4 Å². The lowest BCUT2D eigenvalue weighted by Gasteiger charge is -2.30. The summed E-state index contributed by atoms with van der Waals surface area (Å²) in [6, 6.07) is 8.51. The summed E-state index contributed by atoms with van der Waals surface area (Å²) < 4.78 is 7.08. The highest BCUT2D eigenvalue weighted by molar-refractivity contribution is 5.58. The third-order valence-electron chi connectivity index (χ3n) is 6.04. The molecule has 0 atom stereocenters. The number of morpholine rings is 1. The molecule has 180 valence electrons. The summed E-state index contributed by atoms with van der Waals surface area (Å²) in [4.78, 5) is 32.7. The van der Waals surface area contributed by atoms with Crippen LogP contribution in [0.15, 0.2) is 40.2 Å². The molecule has 0 amide bonds. The lowest BCUT2D eigenvalue weighted by Crippen LogP contribution is -2.36. The molecule has 4 N–H and O–H groups in total. The van der Waals surface area contributed by atoms with E-state index in [0.29, 0.717) is 29.0 Å². The SMILES string of the molecule is O=c1[nH]c(O)c(C=c2cnn3c(=NC4CC4)nc(NCc4ccccc4N4CCOCC4)nc23)[nH]1. The zero-order valence-corrected chi connectivity index (χ0v) is 18.9. The molecule has 1 saturated heterocycles. The van der Waals surface area contributed by atoms with Crippen molar-refractivity contribution in [1.82, 2.24) is 29.5 Å². The second-order valence-corrected chi connectivity index (χ2v) is 8.61. The van der Waals surface area contributed by atoms with Crippen molar-refractivity contribution < 1.29 is 9.84 Å². The van der Waals surface area contributed by atoms with E-state index in [-0.39, 0.29) is 17.6 Å². The first-order valence-electron chi connectivity index (χ1n) is 11.6. The summed E-state index contributed by atoms with van der Waals surface area (Å²) in [5, 5.41) is 18.3. The zero-order valence-electron chi connectivity index (χ0n) is 18.9. The molecule has 12 heteroatoms. The fourth-order valence-electron chi connectivity index (χ4n) is 4.11. The molecule has 3 aromatic heterocycles. The Balaban J connectivity index is 1.37.